The third-order valence-electron chi connectivity index (χ3n) is 5.74. The van der Waals surface area contributed by atoms with Gasteiger partial charge in [-0.3, -0.25) is 14.2 Å². The molecule has 0 fully saturated rings. The molecule has 0 radical (unpaired) electrons. The number of aromatic nitrogens is 2. The third kappa shape index (κ3) is 4.75. The van der Waals surface area contributed by atoms with Crippen LogP contribution in [-0.4, -0.2) is 33.8 Å². The van der Waals surface area contributed by atoms with Crippen molar-refractivity contribution in [1.29, 1.82) is 0 Å². The lowest BCUT2D eigenvalue weighted by Gasteiger charge is -2.16. The molecule has 1 atom stereocenters. The first kappa shape index (κ1) is 21.8. The summed E-state index contributed by atoms with van der Waals surface area (Å²) in [4.78, 5) is 31.0. The van der Waals surface area contributed by atoms with Crippen LogP contribution in [0.1, 0.15) is 48.2 Å². The Kier molecular flexibility index (Phi) is 6.88. The topological polar surface area (TPSA) is 61.2 Å². The van der Waals surface area contributed by atoms with E-state index >= 15 is 0 Å². The van der Waals surface area contributed by atoms with E-state index in [0.717, 1.165) is 24.8 Å². The van der Waals surface area contributed by atoms with Gasteiger partial charge < -0.3 is 4.74 Å². The molecular weight excluding hydrogens is 408 g/mol. The molecule has 0 saturated carbocycles. The molecule has 5 nitrogen and oxygen atoms in total. The van der Waals surface area contributed by atoms with Gasteiger partial charge >= 0.3 is 0 Å². The van der Waals surface area contributed by atoms with Crippen LogP contribution in [0.5, 0.6) is 0 Å². The summed E-state index contributed by atoms with van der Waals surface area (Å²) in [5.41, 5.74) is 3.98. The minimum Gasteiger partial charge on any atom is -0.382 e. The second-order valence-corrected chi connectivity index (χ2v) is 9.19. The predicted octanol–water partition coefficient (Wildman–Crippen LogP) is 4.68. The monoisotopic (exact) mass is 436 g/mol. The molecule has 3 aromatic rings. The van der Waals surface area contributed by atoms with Gasteiger partial charge in [-0.25, -0.2) is 4.98 Å². The fraction of sp³-hybridized carbons (Fsp3) is 0.400. The molecule has 0 amide bonds. The normalized spacial score (nSPS) is 14.0. The maximum atomic E-state index is 13.2. The average Bonchev–Trinajstić information content (AvgIpc) is 3.26. The predicted molar refractivity (Wildman–Crippen MR) is 125 cm³/mol. The highest BCUT2D eigenvalue weighted by atomic mass is 32.2. The number of benzene rings is 2. The van der Waals surface area contributed by atoms with Gasteiger partial charge in [-0.05, 0) is 68.9 Å². The first-order valence-electron chi connectivity index (χ1n) is 11.0. The Labute approximate surface area is 186 Å². The number of nitrogens with zero attached hydrogens (tertiary/aromatic N) is 2. The van der Waals surface area contributed by atoms with Gasteiger partial charge in [0, 0.05) is 25.3 Å². The maximum Gasteiger partial charge on any atom is 0.262 e. The number of thioether (sulfide) groups is 1. The molecule has 0 saturated heterocycles. The van der Waals surface area contributed by atoms with E-state index in [1.165, 1.54) is 22.9 Å². The van der Waals surface area contributed by atoms with Crippen molar-refractivity contribution in [2.75, 3.05) is 13.2 Å². The minimum atomic E-state index is -0.342. The molecule has 31 heavy (non-hydrogen) atoms. The number of fused-ring (bicyclic) bond motifs is 2. The Balaban J connectivity index is 1.61. The quantitative estimate of drug-likeness (QED) is 0.211. The molecule has 0 aliphatic heterocycles. The Morgan fingerprint density at radius 2 is 2.00 bits per heavy atom. The van der Waals surface area contributed by atoms with Crippen LogP contribution < -0.4 is 5.56 Å². The SMILES string of the molecule is CCOCCCn1c(SC(C)C(=O)c2ccc3c(c2)CCC3)nc2ccccc2c1=O. The highest BCUT2D eigenvalue weighted by Gasteiger charge is 2.22. The number of rotatable bonds is 9. The number of para-hydroxylation sites is 1. The number of carbonyl (C=O) groups excluding carboxylic acids is 1. The Morgan fingerprint density at radius 1 is 1.19 bits per heavy atom. The molecule has 6 heteroatoms. The summed E-state index contributed by atoms with van der Waals surface area (Å²) in [5, 5.41) is 0.841. The Morgan fingerprint density at radius 3 is 2.84 bits per heavy atom. The second kappa shape index (κ2) is 9.79. The van der Waals surface area contributed by atoms with Crippen molar-refractivity contribution in [3.63, 3.8) is 0 Å². The molecule has 0 bridgehead atoms. The fourth-order valence-corrected chi connectivity index (χ4v) is 5.09. The highest BCUT2D eigenvalue weighted by Crippen LogP contribution is 2.28. The van der Waals surface area contributed by atoms with Crippen LogP contribution >= 0.6 is 11.8 Å². The largest absolute Gasteiger partial charge is 0.382 e. The molecule has 1 heterocycles. The molecule has 1 aromatic heterocycles. The van der Waals surface area contributed by atoms with E-state index < -0.39 is 0 Å². The summed E-state index contributed by atoms with van der Waals surface area (Å²) in [6, 6.07) is 13.4. The van der Waals surface area contributed by atoms with Crippen molar-refractivity contribution in [1.82, 2.24) is 9.55 Å². The van der Waals surface area contributed by atoms with E-state index in [1.807, 2.05) is 44.2 Å². The van der Waals surface area contributed by atoms with Gasteiger partial charge in [0.15, 0.2) is 10.9 Å². The first-order chi connectivity index (χ1) is 15.1. The maximum absolute atomic E-state index is 13.2. The zero-order chi connectivity index (χ0) is 21.8. The smallest absolute Gasteiger partial charge is 0.262 e. The summed E-state index contributed by atoms with van der Waals surface area (Å²) in [5.74, 6) is 0.0722. The Bertz CT molecular complexity index is 1160. The van der Waals surface area contributed by atoms with E-state index in [9.17, 15) is 9.59 Å². The summed E-state index contributed by atoms with van der Waals surface area (Å²) >= 11 is 1.36. The first-order valence-corrected chi connectivity index (χ1v) is 11.9. The van der Waals surface area contributed by atoms with Crippen LogP contribution in [0, 0.1) is 0 Å². The number of Topliss-reactive ketones (excluding diaryl/α,β-unsaturated/α-hetero) is 1. The highest BCUT2D eigenvalue weighted by molar-refractivity contribution is 8.00. The van der Waals surface area contributed by atoms with Crippen LogP contribution in [0.15, 0.2) is 52.4 Å². The Hall–Kier alpha value is -2.44. The number of ketones is 1. The lowest BCUT2D eigenvalue weighted by atomic mass is 10.0. The molecule has 1 aliphatic rings. The van der Waals surface area contributed by atoms with Gasteiger partial charge in [-0.2, -0.15) is 0 Å². The molecule has 0 N–H and O–H groups in total. The molecule has 0 spiro atoms. The molecular formula is C25H28N2O3S. The second-order valence-electron chi connectivity index (χ2n) is 7.88. The average molecular weight is 437 g/mol. The van der Waals surface area contributed by atoms with Gasteiger partial charge in [0.2, 0.25) is 0 Å². The van der Waals surface area contributed by atoms with Crippen molar-refractivity contribution >= 4 is 28.4 Å². The van der Waals surface area contributed by atoms with E-state index in [0.29, 0.717) is 42.2 Å². The van der Waals surface area contributed by atoms with Crippen molar-refractivity contribution < 1.29 is 9.53 Å². The van der Waals surface area contributed by atoms with Crippen LogP contribution in [0.2, 0.25) is 0 Å². The lowest BCUT2D eigenvalue weighted by molar-refractivity contribution is 0.0993. The van der Waals surface area contributed by atoms with Crippen molar-refractivity contribution in [3.8, 4) is 0 Å². The van der Waals surface area contributed by atoms with Gasteiger partial charge in [-0.1, -0.05) is 36.0 Å². The van der Waals surface area contributed by atoms with Crippen molar-refractivity contribution in [2.45, 2.75) is 56.5 Å². The van der Waals surface area contributed by atoms with E-state index in [2.05, 4.69) is 6.07 Å². The third-order valence-corrected chi connectivity index (χ3v) is 6.83. The lowest BCUT2D eigenvalue weighted by Crippen LogP contribution is -2.25. The van der Waals surface area contributed by atoms with Gasteiger partial charge in [-0.15, -0.1) is 0 Å². The molecule has 162 valence electrons. The van der Waals surface area contributed by atoms with Crippen LogP contribution in [0.25, 0.3) is 10.9 Å². The fourth-order valence-electron chi connectivity index (χ4n) is 4.08. The van der Waals surface area contributed by atoms with Crippen LogP contribution in [0.4, 0.5) is 0 Å². The summed E-state index contributed by atoms with van der Waals surface area (Å²) in [6.45, 7) is 5.60. The molecule has 4 rings (SSSR count). The summed E-state index contributed by atoms with van der Waals surface area (Å²) < 4.78 is 7.13. The number of hydrogen-bond acceptors (Lipinski definition) is 5. The van der Waals surface area contributed by atoms with E-state index in [1.54, 1.807) is 10.6 Å². The minimum absolute atomic E-state index is 0.0678. The van der Waals surface area contributed by atoms with Gasteiger partial charge in [0.05, 0.1) is 16.2 Å². The number of carbonyl (C=O) groups is 1. The zero-order valence-corrected chi connectivity index (χ0v) is 18.9. The van der Waals surface area contributed by atoms with Gasteiger partial charge in [0.25, 0.3) is 5.56 Å². The number of hydrogen-bond donors (Lipinski definition) is 0. The molecule has 1 unspecified atom stereocenters. The number of ether oxygens (including phenoxy) is 1. The number of aryl methyl sites for hydroxylation is 2. The van der Waals surface area contributed by atoms with E-state index in [4.69, 9.17) is 9.72 Å². The molecule has 2 aromatic carbocycles. The van der Waals surface area contributed by atoms with Crippen molar-refractivity contribution in [3.05, 3.63) is 69.5 Å². The van der Waals surface area contributed by atoms with Crippen LogP contribution in [0.3, 0.4) is 0 Å². The summed E-state index contributed by atoms with van der Waals surface area (Å²) in [7, 11) is 0. The zero-order valence-electron chi connectivity index (χ0n) is 18.1. The van der Waals surface area contributed by atoms with Crippen molar-refractivity contribution in [2.24, 2.45) is 0 Å². The standard InChI is InChI=1S/C25H28N2O3S/c1-3-30-15-7-14-27-24(29)21-10-4-5-11-22(21)26-25(27)31-17(2)23(28)20-13-12-18-8-6-9-19(18)16-20/h4-5,10-13,16-17H,3,6-9,14-15H2,1-2H3. The molecule has 1 aliphatic carbocycles. The van der Waals surface area contributed by atoms with Crippen LogP contribution in [-0.2, 0) is 24.1 Å². The van der Waals surface area contributed by atoms with Gasteiger partial charge in [0.1, 0.15) is 0 Å². The summed E-state index contributed by atoms with van der Waals surface area (Å²) in [6.07, 6.45) is 4.02. The van der Waals surface area contributed by atoms with E-state index in [-0.39, 0.29) is 16.6 Å².